The van der Waals surface area contributed by atoms with Crippen LogP contribution in [0.2, 0.25) is 0 Å². The molecule has 1 heterocycles. The largest absolute Gasteiger partial charge is 0.379 e. The van der Waals surface area contributed by atoms with E-state index in [0.29, 0.717) is 31.1 Å². The van der Waals surface area contributed by atoms with Crippen molar-refractivity contribution in [3.8, 4) is 0 Å². The second-order valence-electron chi connectivity index (χ2n) is 3.80. The molecule has 2 N–H and O–H groups in total. The van der Waals surface area contributed by atoms with Crippen molar-refractivity contribution in [2.24, 2.45) is 5.92 Å². The zero-order chi connectivity index (χ0) is 10.6. The van der Waals surface area contributed by atoms with Crippen LogP contribution in [-0.4, -0.2) is 24.8 Å². The molecule has 1 rings (SSSR count). The highest BCUT2D eigenvalue weighted by molar-refractivity contribution is 6.01. The Morgan fingerprint density at radius 3 is 2.64 bits per heavy atom. The molecule has 14 heavy (non-hydrogen) atoms. The first-order valence-electron chi connectivity index (χ1n) is 4.86. The zero-order valence-corrected chi connectivity index (χ0v) is 8.59. The van der Waals surface area contributed by atoms with E-state index >= 15 is 0 Å². The van der Waals surface area contributed by atoms with E-state index in [2.05, 4.69) is 10.6 Å². The van der Waals surface area contributed by atoms with Gasteiger partial charge in [-0.2, -0.15) is 0 Å². The van der Waals surface area contributed by atoms with Gasteiger partial charge in [-0.1, -0.05) is 13.8 Å². The highest BCUT2D eigenvalue weighted by atomic mass is 16.2. The second-order valence-corrected chi connectivity index (χ2v) is 3.80. The lowest BCUT2D eigenvalue weighted by atomic mass is 10.1. The Labute approximate surface area is 83.8 Å². The third-order valence-electron chi connectivity index (χ3n) is 1.89. The van der Waals surface area contributed by atoms with Crippen molar-refractivity contribution in [2.75, 3.05) is 13.1 Å². The molecule has 4 heteroatoms. The highest BCUT2D eigenvalue weighted by Crippen LogP contribution is 2.03. The van der Waals surface area contributed by atoms with Crippen LogP contribution in [0.5, 0.6) is 0 Å². The molecule has 0 spiro atoms. The van der Waals surface area contributed by atoms with Crippen molar-refractivity contribution < 1.29 is 9.59 Å². The fraction of sp³-hybridized carbons (Fsp3) is 0.600. The third kappa shape index (κ3) is 3.20. The molecule has 0 aromatic rings. The van der Waals surface area contributed by atoms with Gasteiger partial charge in [-0.25, -0.2) is 0 Å². The van der Waals surface area contributed by atoms with Crippen LogP contribution >= 0.6 is 0 Å². The number of carbonyl (C=O) groups is 2. The summed E-state index contributed by atoms with van der Waals surface area (Å²) in [5.74, 6) is 0.138. The van der Waals surface area contributed by atoms with E-state index < -0.39 is 0 Å². The Balaban J connectivity index is 2.57. The molecular weight excluding hydrogens is 180 g/mol. The van der Waals surface area contributed by atoms with E-state index in [9.17, 15) is 9.59 Å². The SMILES string of the molecule is CC(C)CC(=O)/C=C1\NCCNC1=O. The maximum atomic E-state index is 11.4. The van der Waals surface area contributed by atoms with Crippen molar-refractivity contribution in [1.82, 2.24) is 10.6 Å². The smallest absolute Gasteiger partial charge is 0.267 e. The quantitative estimate of drug-likeness (QED) is 0.634. The molecular formula is C10H16N2O2. The molecule has 4 nitrogen and oxygen atoms in total. The number of allylic oxidation sites excluding steroid dienone is 1. The number of hydrogen-bond acceptors (Lipinski definition) is 3. The lowest BCUT2D eigenvalue weighted by Crippen LogP contribution is -2.43. The number of rotatable bonds is 3. The Hall–Kier alpha value is -1.32. The second kappa shape index (κ2) is 4.79. The third-order valence-corrected chi connectivity index (χ3v) is 1.89. The minimum absolute atomic E-state index is 0.000417. The fourth-order valence-corrected chi connectivity index (χ4v) is 1.29. The predicted octanol–water partition coefficient (Wildman–Crippen LogP) is 0.205. The van der Waals surface area contributed by atoms with Crippen LogP contribution in [0.15, 0.2) is 11.8 Å². The normalized spacial score (nSPS) is 19.4. The number of carbonyl (C=O) groups excluding carboxylic acids is 2. The first kappa shape index (κ1) is 10.8. The van der Waals surface area contributed by atoms with Gasteiger partial charge in [0.15, 0.2) is 5.78 Å². The van der Waals surface area contributed by atoms with Crippen LogP contribution in [0, 0.1) is 5.92 Å². The molecule has 0 aliphatic carbocycles. The van der Waals surface area contributed by atoms with Crippen molar-refractivity contribution in [3.05, 3.63) is 11.8 Å². The highest BCUT2D eigenvalue weighted by Gasteiger charge is 2.14. The van der Waals surface area contributed by atoms with Gasteiger partial charge >= 0.3 is 0 Å². The maximum absolute atomic E-state index is 11.4. The van der Waals surface area contributed by atoms with Gasteiger partial charge in [-0.05, 0) is 5.92 Å². The van der Waals surface area contributed by atoms with E-state index in [0.717, 1.165) is 0 Å². The summed E-state index contributed by atoms with van der Waals surface area (Å²) in [7, 11) is 0. The summed E-state index contributed by atoms with van der Waals surface area (Å²) in [4.78, 5) is 22.6. The van der Waals surface area contributed by atoms with E-state index in [4.69, 9.17) is 0 Å². The predicted molar refractivity (Wildman–Crippen MR) is 53.6 cm³/mol. The fourth-order valence-electron chi connectivity index (χ4n) is 1.29. The van der Waals surface area contributed by atoms with Crippen LogP contribution in [0.4, 0.5) is 0 Å². The molecule has 0 atom stereocenters. The van der Waals surface area contributed by atoms with Crippen LogP contribution in [0.1, 0.15) is 20.3 Å². The molecule has 1 amide bonds. The van der Waals surface area contributed by atoms with Crippen LogP contribution in [0.3, 0.4) is 0 Å². The number of nitrogens with one attached hydrogen (secondary N) is 2. The summed E-state index contributed by atoms with van der Waals surface area (Å²) in [6, 6.07) is 0. The maximum Gasteiger partial charge on any atom is 0.267 e. The molecule has 1 saturated heterocycles. The van der Waals surface area contributed by atoms with E-state index in [-0.39, 0.29) is 11.7 Å². The molecule has 0 unspecified atom stereocenters. The summed E-state index contributed by atoms with van der Waals surface area (Å²) < 4.78 is 0. The van der Waals surface area contributed by atoms with E-state index in [1.54, 1.807) is 0 Å². The minimum atomic E-state index is -0.187. The van der Waals surface area contributed by atoms with Gasteiger partial charge < -0.3 is 10.6 Å². The number of amides is 1. The van der Waals surface area contributed by atoms with Gasteiger partial charge in [0.25, 0.3) is 5.91 Å². The van der Waals surface area contributed by atoms with Gasteiger partial charge in [0, 0.05) is 25.6 Å². The molecule has 0 radical (unpaired) electrons. The number of hydrogen-bond donors (Lipinski definition) is 2. The van der Waals surface area contributed by atoms with Crippen LogP contribution < -0.4 is 10.6 Å². The zero-order valence-electron chi connectivity index (χ0n) is 8.59. The average Bonchev–Trinajstić information content (AvgIpc) is 2.07. The van der Waals surface area contributed by atoms with E-state index in [1.165, 1.54) is 6.08 Å². The van der Waals surface area contributed by atoms with Crippen molar-refractivity contribution in [1.29, 1.82) is 0 Å². The molecule has 78 valence electrons. The first-order chi connectivity index (χ1) is 6.59. The van der Waals surface area contributed by atoms with Gasteiger partial charge in [0.05, 0.1) is 0 Å². The Bertz CT molecular complexity index is 269. The molecule has 1 fully saturated rings. The topological polar surface area (TPSA) is 58.2 Å². The molecule has 1 aliphatic rings. The van der Waals surface area contributed by atoms with Crippen molar-refractivity contribution >= 4 is 11.7 Å². The summed E-state index contributed by atoms with van der Waals surface area (Å²) in [6.07, 6.45) is 1.88. The van der Waals surface area contributed by atoms with Crippen molar-refractivity contribution in [3.63, 3.8) is 0 Å². The van der Waals surface area contributed by atoms with Crippen LogP contribution in [-0.2, 0) is 9.59 Å². The Morgan fingerprint density at radius 2 is 2.07 bits per heavy atom. The van der Waals surface area contributed by atoms with Gasteiger partial charge in [0.1, 0.15) is 5.70 Å². The van der Waals surface area contributed by atoms with Gasteiger partial charge in [-0.15, -0.1) is 0 Å². The average molecular weight is 196 g/mol. The Morgan fingerprint density at radius 1 is 1.43 bits per heavy atom. The molecule has 0 aromatic heterocycles. The summed E-state index contributed by atoms with van der Waals surface area (Å²) in [5.41, 5.74) is 0.391. The molecule has 0 aromatic carbocycles. The minimum Gasteiger partial charge on any atom is -0.379 e. The summed E-state index contributed by atoms with van der Waals surface area (Å²) in [5, 5.41) is 5.57. The van der Waals surface area contributed by atoms with Crippen LogP contribution in [0.25, 0.3) is 0 Å². The van der Waals surface area contributed by atoms with Gasteiger partial charge in [0.2, 0.25) is 0 Å². The Kier molecular flexibility index (Phi) is 3.68. The lowest BCUT2D eigenvalue weighted by Gasteiger charge is -2.16. The lowest BCUT2D eigenvalue weighted by molar-refractivity contribution is -0.119. The molecule has 0 bridgehead atoms. The number of piperazine rings is 1. The monoisotopic (exact) mass is 196 g/mol. The van der Waals surface area contributed by atoms with Crippen molar-refractivity contribution in [2.45, 2.75) is 20.3 Å². The van der Waals surface area contributed by atoms with E-state index in [1.807, 2.05) is 13.8 Å². The summed E-state index contributed by atoms with van der Waals surface area (Å²) >= 11 is 0. The molecule has 1 aliphatic heterocycles. The molecule has 0 saturated carbocycles. The summed E-state index contributed by atoms with van der Waals surface area (Å²) in [6.45, 7) is 5.26. The van der Waals surface area contributed by atoms with Gasteiger partial charge in [-0.3, -0.25) is 9.59 Å². The first-order valence-corrected chi connectivity index (χ1v) is 4.86. The number of ketones is 1. The standard InChI is InChI=1S/C10H16N2O2/c1-7(2)5-8(13)6-9-10(14)12-4-3-11-9/h6-7,11H,3-5H2,1-2H3,(H,12,14)/b9-6-.